The highest BCUT2D eigenvalue weighted by Gasteiger charge is 2.32. The Labute approximate surface area is 129 Å². The minimum atomic E-state index is 0.490. The third kappa shape index (κ3) is 4.68. The number of hydrogen-bond donors (Lipinski definition) is 1. The van der Waals surface area contributed by atoms with Crippen molar-refractivity contribution in [1.82, 2.24) is 5.32 Å². The first-order valence-corrected chi connectivity index (χ1v) is 9.53. The van der Waals surface area contributed by atoms with Crippen LogP contribution < -0.4 is 5.32 Å². The van der Waals surface area contributed by atoms with Gasteiger partial charge in [0.2, 0.25) is 0 Å². The van der Waals surface area contributed by atoms with Crippen LogP contribution in [0.5, 0.6) is 0 Å². The van der Waals surface area contributed by atoms with Crippen LogP contribution in [0.15, 0.2) is 4.99 Å². The Hall–Kier alpha value is -0.180. The van der Waals surface area contributed by atoms with Crippen LogP contribution in [0.3, 0.4) is 0 Å². The van der Waals surface area contributed by atoms with Crippen molar-refractivity contribution < 1.29 is 0 Å². The predicted octanol–water partition coefficient (Wildman–Crippen LogP) is 4.84. The number of hydrogen-bond acceptors (Lipinski definition) is 2. The van der Waals surface area contributed by atoms with Gasteiger partial charge < -0.3 is 5.32 Å². The van der Waals surface area contributed by atoms with Gasteiger partial charge in [0.25, 0.3) is 0 Å². The zero-order valence-corrected chi connectivity index (χ0v) is 14.5. The van der Waals surface area contributed by atoms with Crippen LogP contribution in [-0.4, -0.2) is 22.5 Å². The second kappa shape index (κ2) is 7.72. The maximum atomic E-state index is 5.23. The summed E-state index contributed by atoms with van der Waals surface area (Å²) in [5.74, 6) is 1.61. The van der Waals surface area contributed by atoms with Gasteiger partial charge in [0, 0.05) is 11.3 Å². The van der Waals surface area contributed by atoms with Crippen LogP contribution in [0.25, 0.3) is 0 Å². The number of amidine groups is 1. The van der Waals surface area contributed by atoms with Crippen LogP contribution in [0, 0.1) is 11.8 Å². The van der Waals surface area contributed by atoms with Crippen LogP contribution >= 0.6 is 11.8 Å². The monoisotopic (exact) mass is 296 g/mol. The number of nitrogens with zero attached hydrogens (tertiary/aromatic N) is 1. The molecule has 0 spiro atoms. The molecule has 0 aliphatic heterocycles. The van der Waals surface area contributed by atoms with Gasteiger partial charge in [-0.2, -0.15) is 0 Å². The second-order valence-corrected chi connectivity index (χ2v) is 8.10. The molecule has 2 fully saturated rings. The van der Waals surface area contributed by atoms with E-state index in [1.165, 1.54) is 50.1 Å². The van der Waals surface area contributed by atoms with Crippen LogP contribution in [0.2, 0.25) is 0 Å². The average Bonchev–Trinajstić information content (AvgIpc) is 3.22. The van der Waals surface area contributed by atoms with E-state index < -0.39 is 0 Å². The molecule has 2 rings (SSSR count). The Bertz CT molecular complexity index is 305. The molecule has 2 unspecified atom stereocenters. The van der Waals surface area contributed by atoms with Gasteiger partial charge in [0.15, 0.2) is 5.17 Å². The fourth-order valence-electron chi connectivity index (χ4n) is 3.30. The molecule has 0 amide bonds. The largest absolute Gasteiger partial charge is 0.363 e. The number of rotatable bonds is 5. The van der Waals surface area contributed by atoms with Crippen molar-refractivity contribution in [2.75, 3.05) is 0 Å². The summed E-state index contributed by atoms with van der Waals surface area (Å²) in [5, 5.41) is 5.67. The summed E-state index contributed by atoms with van der Waals surface area (Å²) in [7, 11) is 0. The highest BCUT2D eigenvalue weighted by atomic mass is 32.2. The fraction of sp³-hybridized carbons (Fsp3) is 0.941. The molecule has 2 aliphatic carbocycles. The molecule has 2 atom stereocenters. The van der Waals surface area contributed by atoms with Crippen LogP contribution in [0.1, 0.15) is 72.6 Å². The van der Waals surface area contributed by atoms with E-state index in [-0.39, 0.29) is 0 Å². The summed E-state index contributed by atoms with van der Waals surface area (Å²) in [5.41, 5.74) is 0. The van der Waals surface area contributed by atoms with Gasteiger partial charge >= 0.3 is 0 Å². The minimum Gasteiger partial charge on any atom is -0.363 e. The van der Waals surface area contributed by atoms with Gasteiger partial charge in [-0.25, -0.2) is 0 Å². The summed E-state index contributed by atoms with van der Waals surface area (Å²) in [4.78, 5) is 5.23. The van der Waals surface area contributed by atoms with Crippen molar-refractivity contribution in [3.05, 3.63) is 0 Å². The zero-order chi connectivity index (χ0) is 14.5. The Morgan fingerprint density at radius 3 is 2.15 bits per heavy atom. The van der Waals surface area contributed by atoms with E-state index in [4.69, 9.17) is 4.99 Å². The van der Waals surface area contributed by atoms with E-state index in [2.05, 4.69) is 33.0 Å². The van der Waals surface area contributed by atoms with E-state index in [9.17, 15) is 0 Å². The Balaban J connectivity index is 2.10. The van der Waals surface area contributed by atoms with Crippen LogP contribution in [-0.2, 0) is 0 Å². The van der Waals surface area contributed by atoms with Gasteiger partial charge in [-0.1, -0.05) is 44.9 Å². The van der Waals surface area contributed by atoms with Gasteiger partial charge in [0.05, 0.1) is 6.04 Å². The lowest BCUT2D eigenvalue weighted by Gasteiger charge is -2.35. The molecule has 2 saturated carbocycles. The van der Waals surface area contributed by atoms with E-state index >= 15 is 0 Å². The molecule has 0 heterocycles. The Morgan fingerprint density at radius 2 is 1.70 bits per heavy atom. The molecular formula is C17H32N2S. The quantitative estimate of drug-likeness (QED) is 0.580. The summed E-state index contributed by atoms with van der Waals surface area (Å²) < 4.78 is 0. The predicted molar refractivity (Wildman–Crippen MR) is 91.5 cm³/mol. The number of nitrogens with one attached hydrogen (secondary N) is 1. The molecule has 0 saturated heterocycles. The molecule has 2 aliphatic rings. The molecule has 0 aromatic heterocycles. The molecule has 0 bridgehead atoms. The minimum absolute atomic E-state index is 0.490. The Morgan fingerprint density at radius 1 is 1.10 bits per heavy atom. The number of aliphatic imine (C=N–C) groups is 1. The SMILES string of the molecule is CCC1CCCC(CC)C1N=C(NC(C)C)SC1CC1. The maximum Gasteiger partial charge on any atom is 0.157 e. The molecule has 0 aromatic carbocycles. The first-order chi connectivity index (χ1) is 9.63. The van der Waals surface area contributed by atoms with Gasteiger partial charge in [0.1, 0.15) is 0 Å². The highest BCUT2D eigenvalue weighted by Crippen LogP contribution is 2.38. The molecule has 1 N–H and O–H groups in total. The van der Waals surface area contributed by atoms with E-state index in [1.807, 2.05) is 11.8 Å². The molecule has 3 heteroatoms. The van der Waals surface area contributed by atoms with Crippen molar-refractivity contribution in [2.45, 2.75) is 90.0 Å². The first kappa shape index (κ1) is 16.2. The highest BCUT2D eigenvalue weighted by molar-refractivity contribution is 8.14. The molecular weight excluding hydrogens is 264 g/mol. The first-order valence-electron chi connectivity index (χ1n) is 8.65. The molecule has 0 aromatic rings. The fourth-order valence-corrected chi connectivity index (χ4v) is 4.47. The third-order valence-electron chi connectivity index (χ3n) is 4.65. The van der Waals surface area contributed by atoms with Crippen molar-refractivity contribution in [1.29, 1.82) is 0 Å². The van der Waals surface area contributed by atoms with Gasteiger partial charge in [-0.3, -0.25) is 4.99 Å². The topological polar surface area (TPSA) is 24.4 Å². The maximum absolute atomic E-state index is 5.23. The van der Waals surface area contributed by atoms with Crippen molar-refractivity contribution in [3.8, 4) is 0 Å². The van der Waals surface area contributed by atoms with Gasteiger partial charge in [-0.15, -0.1) is 0 Å². The lowest BCUT2D eigenvalue weighted by Crippen LogP contribution is -2.36. The van der Waals surface area contributed by atoms with E-state index in [1.54, 1.807) is 0 Å². The van der Waals surface area contributed by atoms with Gasteiger partial charge in [-0.05, 0) is 51.4 Å². The number of thioether (sulfide) groups is 1. The van der Waals surface area contributed by atoms with E-state index in [0.717, 1.165) is 17.1 Å². The summed E-state index contributed by atoms with van der Waals surface area (Å²) in [6.45, 7) is 9.13. The molecule has 0 radical (unpaired) electrons. The molecule has 20 heavy (non-hydrogen) atoms. The average molecular weight is 297 g/mol. The smallest absolute Gasteiger partial charge is 0.157 e. The second-order valence-electron chi connectivity index (χ2n) is 6.81. The normalized spacial score (nSPS) is 31.6. The molecule has 2 nitrogen and oxygen atoms in total. The van der Waals surface area contributed by atoms with Crippen LogP contribution in [0.4, 0.5) is 0 Å². The summed E-state index contributed by atoms with van der Waals surface area (Å²) >= 11 is 2.00. The van der Waals surface area contributed by atoms with E-state index in [0.29, 0.717) is 12.1 Å². The Kier molecular flexibility index (Phi) is 6.25. The third-order valence-corrected chi connectivity index (χ3v) is 5.90. The standard InChI is InChI=1S/C17H32N2S/c1-5-13-8-7-9-14(6-2)16(13)19-17(18-12(3)4)20-15-10-11-15/h12-16H,5-11H2,1-4H3,(H,18,19). The molecule has 116 valence electrons. The van der Waals surface area contributed by atoms with Crippen molar-refractivity contribution in [3.63, 3.8) is 0 Å². The van der Waals surface area contributed by atoms with Crippen molar-refractivity contribution >= 4 is 16.9 Å². The van der Waals surface area contributed by atoms with Crippen molar-refractivity contribution in [2.24, 2.45) is 16.8 Å². The summed E-state index contributed by atoms with van der Waals surface area (Å²) in [6.07, 6.45) is 9.49. The lowest BCUT2D eigenvalue weighted by molar-refractivity contribution is 0.212. The summed E-state index contributed by atoms with van der Waals surface area (Å²) in [6, 6.07) is 1.05. The zero-order valence-electron chi connectivity index (χ0n) is 13.7. The lowest BCUT2D eigenvalue weighted by atomic mass is 9.75.